The monoisotopic (exact) mass is 256 g/mol. The first-order chi connectivity index (χ1) is 8.77. The zero-order valence-electron chi connectivity index (χ0n) is 11.9. The molecule has 0 spiro atoms. The van der Waals surface area contributed by atoms with Crippen LogP contribution >= 0.6 is 0 Å². The fourth-order valence-corrected chi connectivity index (χ4v) is 2.23. The third kappa shape index (κ3) is 5.83. The van der Waals surface area contributed by atoms with Crippen LogP contribution in [0.5, 0.6) is 0 Å². The Bertz CT molecular complexity index is 226. The summed E-state index contributed by atoms with van der Waals surface area (Å²) in [6.45, 7) is 9.14. The topological polar surface area (TPSA) is 41.6 Å². The molecule has 1 heterocycles. The Labute approximate surface area is 111 Å². The maximum Gasteiger partial charge on any atom is 0.248 e. The van der Waals surface area contributed by atoms with E-state index in [-0.39, 0.29) is 12.5 Å². The van der Waals surface area contributed by atoms with Gasteiger partial charge >= 0.3 is 0 Å². The number of hydrogen-bond acceptors (Lipinski definition) is 3. The number of ether oxygens (including phenoxy) is 1. The molecular weight excluding hydrogens is 228 g/mol. The molecule has 1 aliphatic rings. The summed E-state index contributed by atoms with van der Waals surface area (Å²) >= 11 is 0. The van der Waals surface area contributed by atoms with Gasteiger partial charge < -0.3 is 15.0 Å². The van der Waals surface area contributed by atoms with Crippen molar-refractivity contribution in [3.05, 3.63) is 0 Å². The average Bonchev–Trinajstić information content (AvgIpc) is 2.41. The molecule has 1 aliphatic heterocycles. The molecular formula is C14H28N2O2. The first-order valence-corrected chi connectivity index (χ1v) is 7.34. The lowest BCUT2D eigenvalue weighted by Crippen LogP contribution is -2.42. The molecule has 1 saturated heterocycles. The van der Waals surface area contributed by atoms with E-state index in [2.05, 4.69) is 19.2 Å². The minimum Gasteiger partial charge on any atom is -0.372 e. The molecule has 1 rings (SSSR count). The van der Waals surface area contributed by atoms with Crippen molar-refractivity contribution in [3.63, 3.8) is 0 Å². The van der Waals surface area contributed by atoms with E-state index in [1.54, 1.807) is 0 Å². The maximum atomic E-state index is 11.9. The van der Waals surface area contributed by atoms with Crippen LogP contribution in [-0.2, 0) is 9.53 Å². The molecule has 18 heavy (non-hydrogen) atoms. The summed E-state index contributed by atoms with van der Waals surface area (Å²) in [5.41, 5.74) is 0. The number of piperidine rings is 1. The average molecular weight is 256 g/mol. The van der Waals surface area contributed by atoms with E-state index in [0.29, 0.717) is 6.61 Å². The number of unbranched alkanes of at least 4 members (excludes halogenated alkanes) is 1. The molecule has 0 radical (unpaired) electrons. The van der Waals surface area contributed by atoms with Gasteiger partial charge in [-0.3, -0.25) is 4.79 Å². The predicted molar refractivity (Wildman–Crippen MR) is 73.6 cm³/mol. The SMILES string of the molecule is CCCCOCC(=O)N1CCC(CNCC)CC1. The van der Waals surface area contributed by atoms with Gasteiger partial charge in [0.15, 0.2) is 0 Å². The molecule has 4 heteroatoms. The second-order valence-corrected chi connectivity index (χ2v) is 5.04. The minimum atomic E-state index is 0.160. The lowest BCUT2D eigenvalue weighted by molar-refractivity contribution is -0.137. The zero-order chi connectivity index (χ0) is 13.2. The van der Waals surface area contributed by atoms with Crippen LogP contribution in [0.25, 0.3) is 0 Å². The number of likely N-dealkylation sites (tertiary alicyclic amines) is 1. The Morgan fingerprint density at radius 1 is 1.33 bits per heavy atom. The molecule has 0 aromatic heterocycles. The Morgan fingerprint density at radius 2 is 2.06 bits per heavy atom. The molecule has 0 atom stereocenters. The Balaban J connectivity index is 2.11. The number of carbonyl (C=O) groups is 1. The van der Waals surface area contributed by atoms with Crippen molar-refractivity contribution in [2.75, 3.05) is 39.4 Å². The summed E-state index contributed by atoms with van der Waals surface area (Å²) in [5.74, 6) is 0.892. The van der Waals surface area contributed by atoms with E-state index >= 15 is 0 Å². The zero-order valence-corrected chi connectivity index (χ0v) is 11.9. The summed E-state index contributed by atoms with van der Waals surface area (Å²) in [6.07, 6.45) is 4.39. The van der Waals surface area contributed by atoms with E-state index in [1.807, 2.05) is 4.90 Å². The minimum absolute atomic E-state index is 0.160. The van der Waals surface area contributed by atoms with E-state index < -0.39 is 0 Å². The van der Waals surface area contributed by atoms with E-state index in [1.165, 1.54) is 0 Å². The summed E-state index contributed by atoms with van der Waals surface area (Å²) < 4.78 is 5.38. The highest BCUT2D eigenvalue weighted by Crippen LogP contribution is 2.16. The first-order valence-electron chi connectivity index (χ1n) is 7.34. The molecule has 106 valence electrons. The third-order valence-corrected chi connectivity index (χ3v) is 3.52. The second-order valence-electron chi connectivity index (χ2n) is 5.04. The summed E-state index contributed by atoms with van der Waals surface area (Å²) in [7, 11) is 0. The first kappa shape index (κ1) is 15.4. The fourth-order valence-electron chi connectivity index (χ4n) is 2.23. The molecule has 0 aromatic carbocycles. The molecule has 1 N–H and O–H groups in total. The van der Waals surface area contributed by atoms with Crippen molar-refractivity contribution in [1.29, 1.82) is 0 Å². The van der Waals surface area contributed by atoms with Gasteiger partial charge in [-0.25, -0.2) is 0 Å². The highest BCUT2D eigenvalue weighted by atomic mass is 16.5. The van der Waals surface area contributed by atoms with Crippen LogP contribution in [0, 0.1) is 5.92 Å². The maximum absolute atomic E-state index is 11.9. The van der Waals surface area contributed by atoms with Crippen molar-refractivity contribution < 1.29 is 9.53 Å². The van der Waals surface area contributed by atoms with E-state index in [9.17, 15) is 4.79 Å². The standard InChI is InChI=1S/C14H28N2O2/c1-3-5-10-18-12-14(17)16-8-6-13(7-9-16)11-15-4-2/h13,15H,3-12H2,1-2H3. The third-order valence-electron chi connectivity index (χ3n) is 3.52. The number of carbonyl (C=O) groups excluding carboxylic acids is 1. The summed E-state index contributed by atoms with van der Waals surface area (Å²) in [5, 5.41) is 3.38. The number of rotatable bonds is 8. The van der Waals surface area contributed by atoms with Crippen molar-refractivity contribution in [3.8, 4) is 0 Å². The van der Waals surface area contributed by atoms with Crippen LogP contribution in [0.3, 0.4) is 0 Å². The quantitative estimate of drug-likeness (QED) is 0.671. The van der Waals surface area contributed by atoms with Gasteiger partial charge in [-0.2, -0.15) is 0 Å². The van der Waals surface area contributed by atoms with Gasteiger partial charge in [-0.05, 0) is 38.3 Å². The molecule has 1 fully saturated rings. The van der Waals surface area contributed by atoms with Crippen molar-refractivity contribution in [1.82, 2.24) is 10.2 Å². The number of hydrogen-bond donors (Lipinski definition) is 1. The lowest BCUT2D eigenvalue weighted by atomic mass is 9.97. The lowest BCUT2D eigenvalue weighted by Gasteiger charge is -2.32. The highest BCUT2D eigenvalue weighted by Gasteiger charge is 2.22. The van der Waals surface area contributed by atoms with Crippen LogP contribution in [0.1, 0.15) is 39.5 Å². The predicted octanol–water partition coefficient (Wildman–Crippen LogP) is 1.65. The molecule has 4 nitrogen and oxygen atoms in total. The van der Waals surface area contributed by atoms with Crippen LogP contribution < -0.4 is 5.32 Å². The summed E-state index contributed by atoms with van der Waals surface area (Å²) in [4.78, 5) is 13.8. The Hall–Kier alpha value is -0.610. The highest BCUT2D eigenvalue weighted by molar-refractivity contribution is 5.77. The van der Waals surface area contributed by atoms with Gasteiger partial charge in [0.05, 0.1) is 0 Å². The fraction of sp³-hybridized carbons (Fsp3) is 0.929. The van der Waals surface area contributed by atoms with Crippen molar-refractivity contribution >= 4 is 5.91 Å². The molecule has 1 amide bonds. The number of amides is 1. The second kappa shape index (κ2) is 9.34. The molecule has 0 unspecified atom stereocenters. The van der Waals surface area contributed by atoms with E-state index in [0.717, 1.165) is 57.8 Å². The van der Waals surface area contributed by atoms with Gasteiger partial charge in [0.1, 0.15) is 6.61 Å². The Morgan fingerprint density at radius 3 is 2.67 bits per heavy atom. The Kier molecular flexibility index (Phi) is 8.01. The largest absolute Gasteiger partial charge is 0.372 e. The molecule has 0 bridgehead atoms. The van der Waals surface area contributed by atoms with Crippen LogP contribution in [0.4, 0.5) is 0 Å². The molecule has 0 saturated carbocycles. The summed E-state index contributed by atoms with van der Waals surface area (Å²) in [6, 6.07) is 0. The van der Waals surface area contributed by atoms with Crippen LogP contribution in [0.2, 0.25) is 0 Å². The van der Waals surface area contributed by atoms with E-state index in [4.69, 9.17) is 4.74 Å². The molecule has 0 aliphatic carbocycles. The van der Waals surface area contributed by atoms with Crippen LogP contribution in [0.15, 0.2) is 0 Å². The molecule has 0 aromatic rings. The van der Waals surface area contributed by atoms with Crippen molar-refractivity contribution in [2.24, 2.45) is 5.92 Å². The van der Waals surface area contributed by atoms with Gasteiger partial charge in [0.25, 0.3) is 0 Å². The smallest absolute Gasteiger partial charge is 0.248 e. The van der Waals surface area contributed by atoms with Gasteiger partial charge in [0.2, 0.25) is 5.91 Å². The van der Waals surface area contributed by atoms with Gasteiger partial charge in [0, 0.05) is 19.7 Å². The normalized spacial score (nSPS) is 17.1. The van der Waals surface area contributed by atoms with Crippen LogP contribution in [-0.4, -0.2) is 50.2 Å². The number of nitrogens with one attached hydrogen (secondary N) is 1. The van der Waals surface area contributed by atoms with Crippen molar-refractivity contribution in [2.45, 2.75) is 39.5 Å². The van der Waals surface area contributed by atoms with Gasteiger partial charge in [-0.15, -0.1) is 0 Å². The van der Waals surface area contributed by atoms with Gasteiger partial charge in [-0.1, -0.05) is 20.3 Å². The number of nitrogens with zero attached hydrogens (tertiary/aromatic N) is 1.